The maximum atomic E-state index is 12.8. The molecule has 2 aromatic carbocycles. The fourth-order valence-corrected chi connectivity index (χ4v) is 3.76. The first-order chi connectivity index (χ1) is 12.7. The molecule has 0 saturated heterocycles. The summed E-state index contributed by atoms with van der Waals surface area (Å²) >= 11 is 0. The minimum atomic E-state index is -3.83. The van der Waals surface area contributed by atoms with Crippen LogP contribution in [0, 0.1) is 12.8 Å². The summed E-state index contributed by atoms with van der Waals surface area (Å²) in [6.45, 7) is 8.62. The van der Waals surface area contributed by atoms with Gasteiger partial charge in [-0.15, -0.1) is 0 Å². The normalized spacial score (nSPS) is 11.3. The number of sulfonamides is 1. The van der Waals surface area contributed by atoms with Gasteiger partial charge >= 0.3 is 0 Å². The molecule has 0 aliphatic carbocycles. The summed E-state index contributed by atoms with van der Waals surface area (Å²) in [6, 6.07) is 11.3. The molecule has 27 heavy (non-hydrogen) atoms. The molecule has 0 atom stereocenters. The molecular formula is C20H26N2O4S. The van der Waals surface area contributed by atoms with Crippen molar-refractivity contribution in [3.8, 4) is 5.75 Å². The number of carbonyl (C=O) groups excluding carboxylic acids is 1. The van der Waals surface area contributed by atoms with Crippen LogP contribution in [0.15, 0.2) is 47.4 Å². The van der Waals surface area contributed by atoms with Gasteiger partial charge in [-0.25, -0.2) is 8.42 Å². The molecule has 0 saturated carbocycles. The lowest BCUT2D eigenvalue weighted by atomic mass is 10.1. The first-order valence-corrected chi connectivity index (χ1v) is 10.4. The number of hydrogen-bond donors (Lipinski definition) is 2. The molecule has 0 fully saturated rings. The van der Waals surface area contributed by atoms with Gasteiger partial charge < -0.3 is 10.1 Å². The third-order valence-corrected chi connectivity index (χ3v) is 5.35. The molecule has 1 amide bonds. The van der Waals surface area contributed by atoms with Crippen molar-refractivity contribution in [1.82, 2.24) is 5.32 Å². The summed E-state index contributed by atoms with van der Waals surface area (Å²) in [5.74, 6) is 0.686. The molecule has 0 radical (unpaired) electrons. The number of amides is 1. The van der Waals surface area contributed by atoms with Crippen LogP contribution in [0.1, 0.15) is 36.7 Å². The molecule has 0 aromatic heterocycles. The van der Waals surface area contributed by atoms with Crippen molar-refractivity contribution < 1.29 is 17.9 Å². The van der Waals surface area contributed by atoms with E-state index in [2.05, 4.69) is 10.0 Å². The Bertz CT molecular complexity index is 891. The molecule has 146 valence electrons. The predicted octanol–water partition coefficient (Wildman–Crippen LogP) is 3.58. The molecule has 7 heteroatoms. The third-order valence-electron chi connectivity index (χ3n) is 3.83. The van der Waals surface area contributed by atoms with E-state index in [0.717, 1.165) is 0 Å². The minimum absolute atomic E-state index is 0.0774. The Balaban J connectivity index is 2.24. The fourth-order valence-electron chi connectivity index (χ4n) is 2.43. The average molecular weight is 391 g/mol. The molecule has 2 aromatic rings. The average Bonchev–Trinajstić information content (AvgIpc) is 2.61. The van der Waals surface area contributed by atoms with Crippen LogP contribution in [-0.2, 0) is 10.0 Å². The molecule has 0 heterocycles. The maximum absolute atomic E-state index is 12.8. The monoisotopic (exact) mass is 390 g/mol. The Hall–Kier alpha value is -2.54. The Morgan fingerprint density at radius 1 is 1.11 bits per heavy atom. The highest BCUT2D eigenvalue weighted by Gasteiger charge is 2.19. The van der Waals surface area contributed by atoms with Crippen molar-refractivity contribution >= 4 is 21.6 Å². The van der Waals surface area contributed by atoms with E-state index in [9.17, 15) is 13.2 Å². The molecule has 0 aliphatic heterocycles. The van der Waals surface area contributed by atoms with Crippen molar-refractivity contribution in [1.29, 1.82) is 0 Å². The van der Waals surface area contributed by atoms with Gasteiger partial charge in [-0.2, -0.15) is 0 Å². The van der Waals surface area contributed by atoms with E-state index in [-0.39, 0.29) is 10.8 Å². The SMILES string of the molecule is CCOc1ccc(NS(=O)(=O)c2cc(C(=O)NCC(C)C)ccc2C)cc1. The zero-order valence-corrected chi connectivity index (χ0v) is 16.9. The Kier molecular flexibility index (Phi) is 6.85. The lowest BCUT2D eigenvalue weighted by Gasteiger charge is -2.13. The van der Waals surface area contributed by atoms with Gasteiger partial charge in [0, 0.05) is 17.8 Å². The third kappa shape index (κ3) is 5.72. The molecule has 2 rings (SSSR count). The summed E-state index contributed by atoms with van der Waals surface area (Å²) < 4.78 is 33.5. The number of carbonyl (C=O) groups is 1. The van der Waals surface area contributed by atoms with Crippen LogP contribution >= 0.6 is 0 Å². The highest BCUT2D eigenvalue weighted by Crippen LogP contribution is 2.22. The summed E-state index contributed by atoms with van der Waals surface area (Å²) in [5, 5.41) is 2.80. The van der Waals surface area contributed by atoms with Crippen LogP contribution in [0.2, 0.25) is 0 Å². The van der Waals surface area contributed by atoms with Crippen LogP contribution < -0.4 is 14.8 Å². The van der Waals surface area contributed by atoms with Gasteiger partial charge in [-0.05, 0) is 61.7 Å². The Labute approximate surface area is 161 Å². The van der Waals surface area contributed by atoms with Crippen molar-refractivity contribution in [3.05, 3.63) is 53.6 Å². The van der Waals surface area contributed by atoms with E-state index in [1.807, 2.05) is 20.8 Å². The fraction of sp³-hybridized carbons (Fsp3) is 0.350. The van der Waals surface area contributed by atoms with Gasteiger partial charge in [0.15, 0.2) is 0 Å². The molecule has 0 aliphatic rings. The molecule has 0 bridgehead atoms. The van der Waals surface area contributed by atoms with Gasteiger partial charge in [-0.1, -0.05) is 19.9 Å². The van der Waals surface area contributed by atoms with Gasteiger partial charge in [0.2, 0.25) is 0 Å². The van der Waals surface area contributed by atoms with Crippen molar-refractivity contribution in [2.45, 2.75) is 32.6 Å². The van der Waals surface area contributed by atoms with Gasteiger partial charge in [0.25, 0.3) is 15.9 Å². The smallest absolute Gasteiger partial charge is 0.262 e. The molecule has 6 nitrogen and oxygen atoms in total. The standard InChI is InChI=1S/C20H26N2O4S/c1-5-26-18-10-8-17(9-11-18)22-27(24,25)19-12-16(7-6-15(19)4)20(23)21-13-14(2)3/h6-12,14,22H,5,13H2,1-4H3,(H,21,23). The lowest BCUT2D eigenvalue weighted by Crippen LogP contribution is -2.27. The zero-order valence-electron chi connectivity index (χ0n) is 16.1. The molecular weight excluding hydrogens is 364 g/mol. The predicted molar refractivity (Wildman–Crippen MR) is 107 cm³/mol. The van der Waals surface area contributed by atoms with Crippen molar-refractivity contribution in [3.63, 3.8) is 0 Å². The van der Waals surface area contributed by atoms with Crippen LogP contribution in [0.25, 0.3) is 0 Å². The van der Waals surface area contributed by atoms with E-state index < -0.39 is 10.0 Å². The number of hydrogen-bond acceptors (Lipinski definition) is 4. The quantitative estimate of drug-likeness (QED) is 0.721. The number of ether oxygens (including phenoxy) is 1. The number of anilines is 1. The van der Waals surface area contributed by atoms with Gasteiger partial charge in [0.1, 0.15) is 5.75 Å². The zero-order chi connectivity index (χ0) is 20.0. The number of aryl methyl sites for hydroxylation is 1. The molecule has 2 N–H and O–H groups in total. The highest BCUT2D eigenvalue weighted by atomic mass is 32.2. The molecule has 0 spiro atoms. The number of benzene rings is 2. The van der Waals surface area contributed by atoms with E-state index in [1.54, 1.807) is 43.3 Å². The maximum Gasteiger partial charge on any atom is 0.262 e. The van der Waals surface area contributed by atoms with Crippen LogP contribution in [0.3, 0.4) is 0 Å². The highest BCUT2D eigenvalue weighted by molar-refractivity contribution is 7.92. The van der Waals surface area contributed by atoms with E-state index in [0.29, 0.717) is 41.6 Å². The Morgan fingerprint density at radius 3 is 2.37 bits per heavy atom. The second-order valence-electron chi connectivity index (χ2n) is 6.65. The van der Waals surface area contributed by atoms with Gasteiger partial charge in [-0.3, -0.25) is 9.52 Å². The van der Waals surface area contributed by atoms with E-state index in [4.69, 9.17) is 4.74 Å². The molecule has 0 unspecified atom stereocenters. The Morgan fingerprint density at radius 2 is 1.78 bits per heavy atom. The van der Waals surface area contributed by atoms with E-state index in [1.165, 1.54) is 6.07 Å². The topological polar surface area (TPSA) is 84.5 Å². The van der Waals surface area contributed by atoms with Crippen molar-refractivity contribution in [2.75, 3.05) is 17.9 Å². The summed E-state index contributed by atoms with van der Waals surface area (Å²) in [5.41, 5.74) is 1.30. The van der Waals surface area contributed by atoms with Crippen LogP contribution in [0.5, 0.6) is 5.75 Å². The van der Waals surface area contributed by atoms with Crippen molar-refractivity contribution in [2.24, 2.45) is 5.92 Å². The summed E-state index contributed by atoms with van der Waals surface area (Å²) in [6.07, 6.45) is 0. The largest absolute Gasteiger partial charge is 0.494 e. The first-order valence-electron chi connectivity index (χ1n) is 8.87. The van der Waals surface area contributed by atoms with Crippen LogP contribution in [-0.4, -0.2) is 27.5 Å². The minimum Gasteiger partial charge on any atom is -0.494 e. The second-order valence-corrected chi connectivity index (χ2v) is 8.30. The summed E-state index contributed by atoms with van der Waals surface area (Å²) in [4.78, 5) is 12.3. The number of nitrogens with one attached hydrogen (secondary N) is 2. The first kappa shape index (κ1) is 20.8. The second kappa shape index (κ2) is 8.90. The van der Waals surface area contributed by atoms with Crippen LogP contribution in [0.4, 0.5) is 5.69 Å². The lowest BCUT2D eigenvalue weighted by molar-refractivity contribution is 0.0949. The summed E-state index contributed by atoms with van der Waals surface area (Å²) in [7, 11) is -3.83. The van der Waals surface area contributed by atoms with E-state index >= 15 is 0 Å². The number of rotatable bonds is 8. The van der Waals surface area contributed by atoms with Gasteiger partial charge in [0.05, 0.1) is 11.5 Å².